The van der Waals surface area contributed by atoms with E-state index in [2.05, 4.69) is 36.2 Å². The summed E-state index contributed by atoms with van der Waals surface area (Å²) in [4.78, 5) is 21.5. The first kappa shape index (κ1) is 17.5. The Morgan fingerprint density at radius 2 is 1.90 bits per heavy atom. The summed E-state index contributed by atoms with van der Waals surface area (Å²) in [5.74, 6) is 0.699. The number of fused-ring (bicyclic) bond motifs is 2. The number of aryl methyl sites for hydroxylation is 2. The van der Waals surface area contributed by atoms with Crippen LogP contribution in [0.25, 0.3) is 50.4 Å². The molecule has 0 radical (unpaired) electrons. The first-order valence-electron chi connectivity index (χ1n) is 9.92. The van der Waals surface area contributed by atoms with Crippen molar-refractivity contribution in [3.05, 3.63) is 72.7 Å². The van der Waals surface area contributed by atoms with Gasteiger partial charge in [-0.15, -0.1) is 0 Å². The van der Waals surface area contributed by atoms with E-state index >= 15 is 0 Å². The van der Waals surface area contributed by atoms with E-state index in [0.717, 1.165) is 55.8 Å². The quantitative estimate of drug-likeness (QED) is 0.455. The topological polar surface area (TPSA) is 101 Å². The van der Waals surface area contributed by atoms with Crippen molar-refractivity contribution >= 4 is 21.9 Å². The second kappa shape index (κ2) is 6.60. The summed E-state index contributed by atoms with van der Waals surface area (Å²) in [7, 11) is 0. The molecule has 0 saturated heterocycles. The van der Waals surface area contributed by atoms with Crippen molar-refractivity contribution in [1.82, 2.24) is 39.7 Å². The highest BCUT2D eigenvalue weighted by Gasteiger charge is 2.16. The highest BCUT2D eigenvalue weighted by atomic mass is 15.1. The largest absolute Gasteiger partial charge is 0.336 e. The predicted molar refractivity (Wildman–Crippen MR) is 119 cm³/mol. The van der Waals surface area contributed by atoms with E-state index in [1.807, 2.05) is 61.3 Å². The molecule has 0 unspecified atom stereocenters. The van der Waals surface area contributed by atoms with Gasteiger partial charge in [0.2, 0.25) is 0 Å². The van der Waals surface area contributed by atoms with Crippen molar-refractivity contribution < 1.29 is 0 Å². The van der Waals surface area contributed by atoms with Crippen LogP contribution in [0.4, 0.5) is 0 Å². The number of para-hydroxylation sites is 1. The van der Waals surface area contributed by atoms with Crippen LogP contribution in [0.3, 0.4) is 0 Å². The van der Waals surface area contributed by atoms with Gasteiger partial charge in [0.25, 0.3) is 0 Å². The lowest BCUT2D eigenvalue weighted by molar-refractivity contribution is 1.06. The maximum atomic E-state index is 4.89. The number of aromatic amines is 2. The van der Waals surface area contributed by atoms with Gasteiger partial charge >= 0.3 is 0 Å². The molecule has 0 atom stereocenters. The Kier molecular flexibility index (Phi) is 3.73. The number of aromatic nitrogens is 8. The smallest absolute Gasteiger partial charge is 0.159 e. The minimum absolute atomic E-state index is 0.699. The van der Waals surface area contributed by atoms with E-state index in [1.165, 1.54) is 0 Å². The van der Waals surface area contributed by atoms with Gasteiger partial charge in [-0.05, 0) is 43.7 Å². The Labute approximate surface area is 177 Å². The van der Waals surface area contributed by atoms with Crippen LogP contribution in [0.15, 0.2) is 61.4 Å². The Balaban J connectivity index is 1.51. The second-order valence-corrected chi connectivity index (χ2v) is 7.62. The third kappa shape index (κ3) is 2.88. The van der Waals surface area contributed by atoms with E-state index in [4.69, 9.17) is 4.98 Å². The van der Waals surface area contributed by atoms with Crippen LogP contribution in [0.1, 0.15) is 11.3 Å². The van der Waals surface area contributed by atoms with Gasteiger partial charge in [-0.3, -0.25) is 15.1 Å². The van der Waals surface area contributed by atoms with Crippen molar-refractivity contribution in [3.63, 3.8) is 0 Å². The Morgan fingerprint density at radius 3 is 2.74 bits per heavy atom. The number of nitrogens with one attached hydrogen (secondary N) is 2. The van der Waals surface area contributed by atoms with Gasteiger partial charge in [0.15, 0.2) is 5.82 Å². The Morgan fingerprint density at radius 1 is 0.968 bits per heavy atom. The number of pyridine rings is 2. The van der Waals surface area contributed by atoms with Crippen LogP contribution < -0.4 is 0 Å². The monoisotopic (exact) mass is 406 g/mol. The molecule has 150 valence electrons. The normalized spacial score (nSPS) is 11.5. The maximum absolute atomic E-state index is 4.89. The molecule has 8 heteroatoms. The molecule has 5 aromatic heterocycles. The summed E-state index contributed by atoms with van der Waals surface area (Å²) in [6, 6.07) is 10.1. The van der Waals surface area contributed by atoms with E-state index in [0.29, 0.717) is 5.82 Å². The van der Waals surface area contributed by atoms with E-state index in [-0.39, 0.29) is 0 Å². The summed E-state index contributed by atoms with van der Waals surface area (Å²) in [5, 5.41) is 8.54. The summed E-state index contributed by atoms with van der Waals surface area (Å²) in [6.45, 7) is 3.99. The number of rotatable bonds is 3. The van der Waals surface area contributed by atoms with Gasteiger partial charge in [-0.25, -0.2) is 9.97 Å². The number of H-pyrrole nitrogens is 2. The fourth-order valence-electron chi connectivity index (χ4n) is 3.84. The molecule has 31 heavy (non-hydrogen) atoms. The molecule has 0 amide bonds. The first-order chi connectivity index (χ1) is 15.2. The van der Waals surface area contributed by atoms with Crippen LogP contribution in [-0.4, -0.2) is 39.7 Å². The number of hydrogen-bond acceptors (Lipinski definition) is 5. The standard InChI is InChI=1S/C23H18N8/c1-13-6-15(9-24-8-13)18-7-16-19(10-25-18)29-30-21(16)23-27-17-4-3-5-20(22(17)28-23)31-11-14(2)26-12-31/h3-12H,1-2H3,(H,27,28)(H,29,30). The van der Waals surface area contributed by atoms with Gasteiger partial charge in [0.05, 0.1) is 40.6 Å². The van der Waals surface area contributed by atoms with Gasteiger partial charge < -0.3 is 9.55 Å². The predicted octanol–water partition coefficient (Wildman–Crippen LogP) is 4.37. The number of nitrogens with zero attached hydrogens (tertiary/aromatic N) is 6. The molecule has 6 aromatic rings. The molecule has 0 spiro atoms. The molecule has 5 heterocycles. The molecular formula is C23H18N8. The van der Waals surface area contributed by atoms with Crippen molar-refractivity contribution in [3.8, 4) is 28.5 Å². The Bertz CT molecular complexity index is 1570. The summed E-state index contributed by atoms with van der Waals surface area (Å²) in [6.07, 6.45) is 9.24. The molecule has 6 rings (SSSR count). The zero-order valence-electron chi connectivity index (χ0n) is 17.0. The molecular weight excluding hydrogens is 388 g/mol. The average molecular weight is 406 g/mol. The Hall–Kier alpha value is -4.33. The van der Waals surface area contributed by atoms with Crippen molar-refractivity contribution in [2.75, 3.05) is 0 Å². The van der Waals surface area contributed by atoms with Crippen molar-refractivity contribution in [2.24, 2.45) is 0 Å². The van der Waals surface area contributed by atoms with Crippen LogP contribution in [0.2, 0.25) is 0 Å². The maximum Gasteiger partial charge on any atom is 0.159 e. The van der Waals surface area contributed by atoms with Crippen molar-refractivity contribution in [1.29, 1.82) is 0 Å². The van der Waals surface area contributed by atoms with E-state index in [9.17, 15) is 0 Å². The zero-order chi connectivity index (χ0) is 20.9. The van der Waals surface area contributed by atoms with Crippen LogP contribution in [0, 0.1) is 13.8 Å². The lowest BCUT2D eigenvalue weighted by Crippen LogP contribution is -1.91. The molecule has 0 bridgehead atoms. The van der Waals surface area contributed by atoms with E-state index in [1.54, 1.807) is 12.5 Å². The highest BCUT2D eigenvalue weighted by Crippen LogP contribution is 2.30. The minimum atomic E-state index is 0.699. The molecule has 0 aliphatic carbocycles. The van der Waals surface area contributed by atoms with Crippen LogP contribution in [-0.2, 0) is 0 Å². The van der Waals surface area contributed by atoms with Crippen LogP contribution in [0.5, 0.6) is 0 Å². The molecule has 0 aliphatic rings. The van der Waals surface area contributed by atoms with Gasteiger partial charge in [0.1, 0.15) is 11.2 Å². The molecule has 0 fully saturated rings. The zero-order valence-corrected chi connectivity index (χ0v) is 17.0. The van der Waals surface area contributed by atoms with Gasteiger partial charge in [0, 0.05) is 29.5 Å². The number of imidazole rings is 2. The molecule has 1 aromatic carbocycles. The van der Waals surface area contributed by atoms with Crippen molar-refractivity contribution in [2.45, 2.75) is 13.8 Å². The number of hydrogen-bond donors (Lipinski definition) is 2. The molecule has 8 nitrogen and oxygen atoms in total. The minimum Gasteiger partial charge on any atom is -0.336 e. The molecule has 0 saturated carbocycles. The lowest BCUT2D eigenvalue weighted by Gasteiger charge is -2.02. The summed E-state index contributed by atoms with van der Waals surface area (Å²) >= 11 is 0. The lowest BCUT2D eigenvalue weighted by atomic mass is 10.1. The fraction of sp³-hybridized carbons (Fsp3) is 0.0870. The van der Waals surface area contributed by atoms with Crippen LogP contribution >= 0.6 is 0 Å². The summed E-state index contributed by atoms with van der Waals surface area (Å²) in [5.41, 5.74) is 8.23. The number of benzene rings is 1. The second-order valence-electron chi connectivity index (χ2n) is 7.62. The van der Waals surface area contributed by atoms with E-state index < -0.39 is 0 Å². The van der Waals surface area contributed by atoms with Gasteiger partial charge in [-0.1, -0.05) is 6.07 Å². The first-order valence-corrected chi connectivity index (χ1v) is 9.92. The fourth-order valence-corrected chi connectivity index (χ4v) is 3.84. The average Bonchev–Trinajstić information content (AvgIpc) is 3.50. The molecule has 0 aliphatic heterocycles. The summed E-state index contributed by atoms with van der Waals surface area (Å²) < 4.78 is 1.98. The third-order valence-corrected chi connectivity index (χ3v) is 5.32. The van der Waals surface area contributed by atoms with Gasteiger partial charge in [-0.2, -0.15) is 5.10 Å². The third-order valence-electron chi connectivity index (χ3n) is 5.32. The molecule has 2 N–H and O–H groups in total. The highest BCUT2D eigenvalue weighted by molar-refractivity contribution is 5.95. The SMILES string of the molecule is Cc1cncc(-c2cc3c(-c4nc5c(-n6cnc(C)c6)cccc5[nH]4)n[nH]c3cn2)c1.